The lowest BCUT2D eigenvalue weighted by Gasteiger charge is -2.28. The van der Waals surface area contributed by atoms with Gasteiger partial charge in [-0.1, -0.05) is 41.1 Å². The Bertz CT molecular complexity index is 1220. The van der Waals surface area contributed by atoms with Crippen molar-refractivity contribution in [2.45, 2.75) is 39.3 Å². The van der Waals surface area contributed by atoms with Crippen LogP contribution in [0.25, 0.3) is 11.0 Å². The fourth-order valence-corrected chi connectivity index (χ4v) is 6.22. The molecule has 0 spiro atoms. The van der Waals surface area contributed by atoms with Crippen LogP contribution in [0.2, 0.25) is 0 Å². The highest BCUT2D eigenvalue weighted by Crippen LogP contribution is 2.30. The molecule has 1 unspecified atom stereocenters. The first-order valence-corrected chi connectivity index (χ1v) is 12.7. The third kappa shape index (κ3) is 4.18. The van der Waals surface area contributed by atoms with Crippen LogP contribution in [0.1, 0.15) is 40.6 Å². The van der Waals surface area contributed by atoms with Crippen molar-refractivity contribution < 1.29 is 17.6 Å². The molecule has 1 amide bonds. The second-order valence-corrected chi connectivity index (χ2v) is 11.0. The summed E-state index contributed by atoms with van der Waals surface area (Å²) < 4.78 is 31.1. The fraction of sp³-hybridized carbons (Fsp3) is 0.348. The average molecular weight is 490 g/mol. The molecule has 0 N–H and O–H groups in total. The van der Waals surface area contributed by atoms with E-state index in [1.54, 1.807) is 4.90 Å². The number of fused-ring (bicyclic) bond motifs is 1. The summed E-state index contributed by atoms with van der Waals surface area (Å²) in [6, 6.07) is 13.3. The van der Waals surface area contributed by atoms with Crippen molar-refractivity contribution in [1.29, 1.82) is 0 Å². The van der Waals surface area contributed by atoms with Gasteiger partial charge in [0.05, 0.1) is 11.5 Å². The smallest absolute Gasteiger partial charge is 0.290 e. The first-order valence-electron chi connectivity index (χ1n) is 10.1. The van der Waals surface area contributed by atoms with E-state index in [1.807, 2.05) is 43.3 Å². The third-order valence-electron chi connectivity index (χ3n) is 5.76. The summed E-state index contributed by atoms with van der Waals surface area (Å²) >= 11 is 3.47. The monoisotopic (exact) mass is 489 g/mol. The van der Waals surface area contributed by atoms with Crippen LogP contribution in [0.15, 0.2) is 51.4 Å². The van der Waals surface area contributed by atoms with Gasteiger partial charge in [0.2, 0.25) is 0 Å². The first kappa shape index (κ1) is 21.1. The van der Waals surface area contributed by atoms with Crippen molar-refractivity contribution >= 4 is 42.6 Å². The predicted molar refractivity (Wildman–Crippen MR) is 121 cm³/mol. The van der Waals surface area contributed by atoms with E-state index in [0.29, 0.717) is 18.5 Å². The number of nitrogens with zero attached hydrogens (tertiary/aromatic N) is 1. The number of rotatable bonds is 5. The number of hydrogen-bond donors (Lipinski definition) is 0. The maximum absolute atomic E-state index is 13.6. The van der Waals surface area contributed by atoms with Gasteiger partial charge in [0.15, 0.2) is 15.6 Å². The van der Waals surface area contributed by atoms with E-state index in [1.165, 1.54) is 5.56 Å². The molecule has 1 aliphatic heterocycles. The number of furan rings is 1. The minimum Gasteiger partial charge on any atom is -0.451 e. The third-order valence-corrected chi connectivity index (χ3v) is 8.00. The highest BCUT2D eigenvalue weighted by molar-refractivity contribution is 9.10. The summed E-state index contributed by atoms with van der Waals surface area (Å²) in [5.74, 6) is 0.131. The maximum Gasteiger partial charge on any atom is 0.290 e. The molecule has 1 atom stereocenters. The van der Waals surface area contributed by atoms with E-state index in [9.17, 15) is 13.2 Å². The molecule has 3 aromatic rings. The molecule has 5 nitrogen and oxygen atoms in total. The molecule has 1 fully saturated rings. The summed E-state index contributed by atoms with van der Waals surface area (Å²) in [5, 5.41) is 0.930. The predicted octanol–water partition coefficient (Wildman–Crippen LogP) is 4.90. The van der Waals surface area contributed by atoms with Gasteiger partial charge in [0.25, 0.3) is 5.91 Å². The van der Waals surface area contributed by atoms with Gasteiger partial charge in [-0.3, -0.25) is 4.79 Å². The minimum atomic E-state index is -3.13. The van der Waals surface area contributed by atoms with Crippen LogP contribution >= 0.6 is 15.9 Å². The van der Waals surface area contributed by atoms with Gasteiger partial charge in [-0.25, -0.2) is 8.42 Å². The van der Waals surface area contributed by atoms with Crippen molar-refractivity contribution in [2.75, 3.05) is 11.5 Å². The van der Waals surface area contributed by atoms with Crippen LogP contribution < -0.4 is 0 Å². The zero-order valence-electron chi connectivity index (χ0n) is 17.0. The van der Waals surface area contributed by atoms with Gasteiger partial charge in [-0.2, -0.15) is 0 Å². The number of sulfone groups is 1. The number of carbonyl (C=O) groups excluding carboxylic acids is 1. The quantitative estimate of drug-likeness (QED) is 0.511. The summed E-state index contributed by atoms with van der Waals surface area (Å²) in [6.07, 6.45) is 1.35. The SMILES string of the molecule is CCc1ccc2oc(C(=O)N(Cc3cccc(Br)c3)C3CCS(=O)(=O)C3)c(C)c2c1. The molecule has 158 valence electrons. The van der Waals surface area contributed by atoms with Crippen LogP contribution in [-0.2, 0) is 22.8 Å². The molecule has 7 heteroatoms. The Morgan fingerprint density at radius 1 is 1.20 bits per heavy atom. The Labute approximate surface area is 185 Å². The molecule has 0 aliphatic carbocycles. The molecule has 1 saturated heterocycles. The summed E-state index contributed by atoms with van der Waals surface area (Å²) in [5.41, 5.74) is 3.59. The van der Waals surface area contributed by atoms with Crippen LogP contribution in [0.5, 0.6) is 0 Å². The minimum absolute atomic E-state index is 0.00793. The van der Waals surface area contributed by atoms with E-state index < -0.39 is 9.84 Å². The van der Waals surface area contributed by atoms with E-state index in [0.717, 1.165) is 27.4 Å². The van der Waals surface area contributed by atoms with Gasteiger partial charge in [-0.15, -0.1) is 0 Å². The Morgan fingerprint density at radius 3 is 2.67 bits per heavy atom. The second-order valence-electron chi connectivity index (χ2n) is 7.86. The fourth-order valence-electron chi connectivity index (χ4n) is 4.04. The lowest BCUT2D eigenvalue weighted by Crippen LogP contribution is -2.40. The number of benzene rings is 2. The molecule has 0 saturated carbocycles. The molecule has 2 aromatic carbocycles. The summed E-state index contributed by atoms with van der Waals surface area (Å²) in [4.78, 5) is 15.3. The Kier molecular flexibility index (Phi) is 5.77. The lowest BCUT2D eigenvalue weighted by atomic mass is 10.1. The number of halogens is 1. The number of amides is 1. The summed E-state index contributed by atoms with van der Waals surface area (Å²) in [7, 11) is -3.13. The molecule has 1 aromatic heterocycles. The number of carbonyl (C=O) groups is 1. The largest absolute Gasteiger partial charge is 0.451 e. The Balaban J connectivity index is 1.73. The molecule has 30 heavy (non-hydrogen) atoms. The lowest BCUT2D eigenvalue weighted by molar-refractivity contribution is 0.0649. The zero-order valence-corrected chi connectivity index (χ0v) is 19.4. The van der Waals surface area contributed by atoms with E-state index in [-0.39, 0.29) is 29.2 Å². The van der Waals surface area contributed by atoms with Gasteiger partial charge >= 0.3 is 0 Å². The second kappa shape index (κ2) is 8.19. The molecular formula is C23H24BrNO4S. The standard InChI is InChI=1S/C23H24BrNO4S/c1-3-16-7-8-21-20(12-16)15(2)22(29-21)23(26)25(19-9-10-30(27,28)14-19)13-17-5-4-6-18(24)11-17/h4-8,11-12,19H,3,9-10,13-14H2,1-2H3. The molecule has 4 rings (SSSR count). The van der Waals surface area contributed by atoms with Gasteiger partial charge in [0, 0.05) is 28.0 Å². The first-order chi connectivity index (χ1) is 14.3. The molecule has 1 aliphatic rings. The topological polar surface area (TPSA) is 67.6 Å². The summed E-state index contributed by atoms with van der Waals surface area (Å²) in [6.45, 7) is 4.30. The molecule has 0 radical (unpaired) electrons. The van der Waals surface area contributed by atoms with Crippen molar-refractivity contribution in [3.05, 3.63) is 69.4 Å². The molecule has 2 heterocycles. The van der Waals surface area contributed by atoms with Crippen LogP contribution in [-0.4, -0.2) is 36.8 Å². The number of aryl methyl sites for hydroxylation is 2. The van der Waals surface area contributed by atoms with Crippen LogP contribution in [0.3, 0.4) is 0 Å². The van der Waals surface area contributed by atoms with Crippen molar-refractivity contribution in [3.63, 3.8) is 0 Å². The Morgan fingerprint density at radius 2 is 2.00 bits per heavy atom. The highest BCUT2D eigenvalue weighted by atomic mass is 79.9. The normalized spacial score (nSPS) is 18.0. The highest BCUT2D eigenvalue weighted by Gasteiger charge is 2.36. The van der Waals surface area contributed by atoms with E-state index in [4.69, 9.17) is 4.42 Å². The van der Waals surface area contributed by atoms with Gasteiger partial charge < -0.3 is 9.32 Å². The van der Waals surface area contributed by atoms with E-state index >= 15 is 0 Å². The van der Waals surface area contributed by atoms with E-state index in [2.05, 4.69) is 28.9 Å². The van der Waals surface area contributed by atoms with Gasteiger partial charge in [-0.05, 0) is 55.2 Å². The van der Waals surface area contributed by atoms with Crippen molar-refractivity contribution in [3.8, 4) is 0 Å². The Hall–Kier alpha value is -2.12. The van der Waals surface area contributed by atoms with Crippen molar-refractivity contribution in [2.24, 2.45) is 0 Å². The number of hydrogen-bond acceptors (Lipinski definition) is 4. The zero-order chi connectivity index (χ0) is 21.5. The molecular weight excluding hydrogens is 466 g/mol. The maximum atomic E-state index is 13.6. The van der Waals surface area contributed by atoms with Crippen LogP contribution in [0.4, 0.5) is 0 Å². The molecule has 0 bridgehead atoms. The van der Waals surface area contributed by atoms with Crippen molar-refractivity contribution in [1.82, 2.24) is 4.90 Å². The van der Waals surface area contributed by atoms with Crippen LogP contribution in [0, 0.1) is 6.92 Å². The average Bonchev–Trinajstić information content (AvgIpc) is 3.24. The van der Waals surface area contributed by atoms with Gasteiger partial charge in [0.1, 0.15) is 5.58 Å².